The van der Waals surface area contributed by atoms with E-state index in [2.05, 4.69) is 5.32 Å². The molecule has 1 amide bonds. The lowest BCUT2D eigenvalue weighted by Gasteiger charge is -2.09. The summed E-state index contributed by atoms with van der Waals surface area (Å²) in [6, 6.07) is 10.3. The van der Waals surface area contributed by atoms with Gasteiger partial charge in [0.2, 0.25) is 0 Å². The molecule has 2 aromatic rings. The van der Waals surface area contributed by atoms with E-state index < -0.39 is 41.4 Å². The fraction of sp³-hybridized carbons (Fsp3) is 0.125. The summed E-state index contributed by atoms with van der Waals surface area (Å²) in [4.78, 5) is 22.2. The standard InChI is InChI=1S/C16H13F2NO4/c17-13-6-11(15(20)21)7-14(18)12(13)8-19-16(22)23-9-10-4-2-1-3-5-10/h1-7H,8-9H2,(H,19,22)(H,20,21). The van der Waals surface area contributed by atoms with Crippen LogP contribution in [0.4, 0.5) is 13.6 Å². The second-order valence-corrected chi connectivity index (χ2v) is 4.64. The normalized spacial score (nSPS) is 10.2. The number of ether oxygens (including phenoxy) is 1. The molecule has 23 heavy (non-hydrogen) atoms. The van der Waals surface area contributed by atoms with Crippen molar-refractivity contribution in [3.8, 4) is 0 Å². The van der Waals surface area contributed by atoms with Crippen LogP contribution in [0.15, 0.2) is 42.5 Å². The lowest BCUT2D eigenvalue weighted by Crippen LogP contribution is -2.25. The van der Waals surface area contributed by atoms with Crippen molar-refractivity contribution in [3.05, 3.63) is 70.8 Å². The Kier molecular flexibility index (Phi) is 5.24. The number of halogens is 2. The first-order valence-corrected chi connectivity index (χ1v) is 6.63. The highest BCUT2D eigenvalue weighted by Crippen LogP contribution is 2.15. The fourth-order valence-corrected chi connectivity index (χ4v) is 1.83. The molecule has 0 bridgehead atoms. The molecular weight excluding hydrogens is 308 g/mol. The van der Waals surface area contributed by atoms with E-state index in [-0.39, 0.29) is 6.61 Å². The lowest BCUT2D eigenvalue weighted by atomic mass is 10.1. The number of hydrogen-bond acceptors (Lipinski definition) is 3. The Balaban J connectivity index is 1.93. The minimum absolute atomic E-state index is 0.0234. The highest BCUT2D eigenvalue weighted by molar-refractivity contribution is 5.87. The summed E-state index contributed by atoms with van der Waals surface area (Å²) in [5, 5.41) is 10.9. The maximum Gasteiger partial charge on any atom is 0.407 e. The van der Waals surface area contributed by atoms with Crippen LogP contribution in [0.2, 0.25) is 0 Å². The van der Waals surface area contributed by atoms with E-state index >= 15 is 0 Å². The van der Waals surface area contributed by atoms with Gasteiger partial charge in [-0.3, -0.25) is 0 Å². The van der Waals surface area contributed by atoms with Crippen LogP contribution in [0.25, 0.3) is 0 Å². The number of carboxylic acid groups (broad SMARTS) is 1. The fourth-order valence-electron chi connectivity index (χ4n) is 1.83. The zero-order valence-electron chi connectivity index (χ0n) is 11.9. The molecule has 2 rings (SSSR count). The Morgan fingerprint density at radius 3 is 2.26 bits per heavy atom. The minimum atomic E-state index is -1.44. The van der Waals surface area contributed by atoms with Crippen LogP contribution in [-0.2, 0) is 17.9 Å². The third kappa shape index (κ3) is 4.50. The molecule has 0 radical (unpaired) electrons. The van der Waals surface area contributed by atoms with Crippen LogP contribution in [-0.4, -0.2) is 17.2 Å². The van der Waals surface area contributed by atoms with Gasteiger partial charge in [0.15, 0.2) is 0 Å². The number of carboxylic acids is 1. The van der Waals surface area contributed by atoms with Gasteiger partial charge in [-0.1, -0.05) is 30.3 Å². The molecule has 2 aromatic carbocycles. The summed E-state index contributed by atoms with van der Waals surface area (Å²) in [5.41, 5.74) is -0.173. The summed E-state index contributed by atoms with van der Waals surface area (Å²) >= 11 is 0. The molecule has 0 unspecified atom stereocenters. The second-order valence-electron chi connectivity index (χ2n) is 4.64. The summed E-state index contributed by atoms with van der Waals surface area (Å²) in [6.07, 6.45) is -0.838. The molecule has 0 heterocycles. The third-order valence-corrected chi connectivity index (χ3v) is 3.01. The lowest BCUT2D eigenvalue weighted by molar-refractivity contribution is 0.0695. The van der Waals surface area contributed by atoms with E-state index in [9.17, 15) is 18.4 Å². The van der Waals surface area contributed by atoms with Crippen LogP contribution in [0.1, 0.15) is 21.5 Å². The smallest absolute Gasteiger partial charge is 0.407 e. The molecule has 7 heteroatoms. The van der Waals surface area contributed by atoms with Crippen molar-refractivity contribution in [3.63, 3.8) is 0 Å². The van der Waals surface area contributed by atoms with Gasteiger partial charge in [-0.2, -0.15) is 0 Å². The van der Waals surface area contributed by atoms with Crippen LogP contribution in [0.3, 0.4) is 0 Å². The summed E-state index contributed by atoms with van der Waals surface area (Å²) in [7, 11) is 0. The van der Waals surface area contributed by atoms with E-state index in [1.807, 2.05) is 6.07 Å². The van der Waals surface area contributed by atoms with Gasteiger partial charge in [0, 0.05) is 5.56 Å². The van der Waals surface area contributed by atoms with Crippen molar-refractivity contribution >= 4 is 12.1 Å². The monoisotopic (exact) mass is 321 g/mol. The quantitative estimate of drug-likeness (QED) is 0.887. The number of benzene rings is 2. The molecule has 0 saturated carbocycles. The number of aromatic carboxylic acids is 1. The van der Waals surface area contributed by atoms with Gasteiger partial charge in [-0.15, -0.1) is 0 Å². The molecule has 0 aromatic heterocycles. The van der Waals surface area contributed by atoms with E-state index in [1.54, 1.807) is 24.3 Å². The maximum absolute atomic E-state index is 13.7. The van der Waals surface area contributed by atoms with Crippen LogP contribution >= 0.6 is 0 Å². The topological polar surface area (TPSA) is 75.6 Å². The number of nitrogens with one attached hydrogen (secondary N) is 1. The average molecular weight is 321 g/mol. The predicted octanol–water partition coefficient (Wildman–Crippen LogP) is 3.09. The van der Waals surface area contributed by atoms with Gasteiger partial charge < -0.3 is 15.2 Å². The average Bonchev–Trinajstić information content (AvgIpc) is 2.52. The molecule has 0 atom stereocenters. The minimum Gasteiger partial charge on any atom is -0.478 e. The molecule has 120 valence electrons. The molecule has 2 N–H and O–H groups in total. The Bertz CT molecular complexity index is 696. The van der Waals surface area contributed by atoms with Gasteiger partial charge >= 0.3 is 12.1 Å². The molecule has 0 fully saturated rings. The molecule has 0 saturated heterocycles. The number of carbonyl (C=O) groups excluding carboxylic acids is 1. The Labute approximate surface area is 130 Å². The van der Waals surface area contributed by atoms with Gasteiger partial charge in [0.05, 0.1) is 12.1 Å². The van der Waals surface area contributed by atoms with Crippen LogP contribution in [0, 0.1) is 11.6 Å². The zero-order valence-corrected chi connectivity index (χ0v) is 11.9. The van der Waals surface area contributed by atoms with Crippen molar-refractivity contribution in [2.24, 2.45) is 0 Å². The van der Waals surface area contributed by atoms with Crippen LogP contribution in [0.5, 0.6) is 0 Å². The van der Waals surface area contributed by atoms with Crippen molar-refractivity contribution in [1.82, 2.24) is 5.32 Å². The number of alkyl carbamates (subject to hydrolysis) is 1. The van der Waals surface area contributed by atoms with E-state index in [0.717, 1.165) is 5.56 Å². The Morgan fingerprint density at radius 1 is 1.09 bits per heavy atom. The summed E-state index contributed by atoms with van der Waals surface area (Å²) in [6.45, 7) is -0.430. The number of hydrogen-bond donors (Lipinski definition) is 2. The van der Waals surface area contributed by atoms with E-state index in [4.69, 9.17) is 9.84 Å². The summed E-state index contributed by atoms with van der Waals surface area (Å²) < 4.78 is 32.3. The number of amides is 1. The summed E-state index contributed by atoms with van der Waals surface area (Å²) in [5.74, 6) is -3.54. The first-order chi connectivity index (χ1) is 11.0. The largest absolute Gasteiger partial charge is 0.478 e. The SMILES string of the molecule is O=C(NCc1c(F)cc(C(=O)O)cc1F)OCc1ccccc1. The third-order valence-electron chi connectivity index (χ3n) is 3.01. The zero-order chi connectivity index (χ0) is 16.8. The van der Waals surface area contributed by atoms with Gasteiger partial charge in [0.1, 0.15) is 18.2 Å². The molecule has 5 nitrogen and oxygen atoms in total. The molecule has 0 aliphatic rings. The van der Waals surface area contributed by atoms with Gasteiger partial charge in [-0.25, -0.2) is 18.4 Å². The van der Waals surface area contributed by atoms with Crippen molar-refractivity contribution in [2.75, 3.05) is 0 Å². The second kappa shape index (κ2) is 7.35. The number of rotatable bonds is 5. The van der Waals surface area contributed by atoms with Crippen LogP contribution < -0.4 is 5.32 Å². The Hall–Kier alpha value is -2.96. The molecule has 0 aliphatic heterocycles. The van der Waals surface area contributed by atoms with Gasteiger partial charge in [0.25, 0.3) is 0 Å². The molecule has 0 aliphatic carbocycles. The van der Waals surface area contributed by atoms with E-state index in [0.29, 0.717) is 12.1 Å². The highest BCUT2D eigenvalue weighted by Gasteiger charge is 2.15. The predicted molar refractivity (Wildman–Crippen MR) is 76.8 cm³/mol. The Morgan fingerprint density at radius 2 is 1.70 bits per heavy atom. The van der Waals surface area contributed by atoms with Crippen molar-refractivity contribution in [2.45, 2.75) is 13.2 Å². The molecule has 0 spiro atoms. The van der Waals surface area contributed by atoms with Crippen molar-refractivity contribution in [1.29, 1.82) is 0 Å². The molecular formula is C16H13F2NO4. The number of carbonyl (C=O) groups is 2. The highest BCUT2D eigenvalue weighted by atomic mass is 19.1. The van der Waals surface area contributed by atoms with Crippen molar-refractivity contribution < 1.29 is 28.2 Å². The van der Waals surface area contributed by atoms with Gasteiger partial charge in [-0.05, 0) is 17.7 Å². The first-order valence-electron chi connectivity index (χ1n) is 6.63. The maximum atomic E-state index is 13.7. The van der Waals surface area contributed by atoms with E-state index in [1.165, 1.54) is 0 Å². The first kappa shape index (κ1) is 16.4.